The van der Waals surface area contributed by atoms with Gasteiger partial charge in [-0.05, 0) is 62.4 Å². The number of nitrogens with one attached hydrogen (secondary N) is 2. The van der Waals surface area contributed by atoms with Gasteiger partial charge in [0.1, 0.15) is 0 Å². The van der Waals surface area contributed by atoms with Crippen molar-refractivity contribution >= 4 is 21.6 Å². The van der Waals surface area contributed by atoms with Gasteiger partial charge in [0.15, 0.2) is 0 Å². The average Bonchev–Trinajstić information content (AvgIpc) is 3.36. The smallest absolute Gasteiger partial charge is 0.243 e. The Hall–Kier alpha value is -1.44. The van der Waals surface area contributed by atoms with Crippen molar-refractivity contribution in [3.05, 3.63) is 23.3 Å². The molecule has 2 rings (SSSR count). The number of aryl methyl sites for hydroxylation is 1. The van der Waals surface area contributed by atoms with Gasteiger partial charge in [-0.1, -0.05) is 13.8 Å². The summed E-state index contributed by atoms with van der Waals surface area (Å²) >= 11 is 0. The second-order valence-corrected chi connectivity index (χ2v) is 8.56. The molecule has 0 atom stereocenters. The molecule has 1 aliphatic carbocycles. The number of hydrogen-bond acceptors (Lipinski definition) is 4. The van der Waals surface area contributed by atoms with E-state index in [1.165, 1.54) is 17.1 Å². The second-order valence-electron chi connectivity index (χ2n) is 6.62. The van der Waals surface area contributed by atoms with Crippen LogP contribution in [0.4, 0.5) is 5.69 Å². The summed E-state index contributed by atoms with van der Waals surface area (Å²) in [4.78, 5) is 12.4. The van der Waals surface area contributed by atoms with Crippen LogP contribution in [0.1, 0.15) is 37.8 Å². The summed E-state index contributed by atoms with van der Waals surface area (Å²) in [5.41, 5.74) is 2.28. The minimum Gasteiger partial charge on any atom is -0.325 e. The lowest BCUT2D eigenvalue weighted by molar-refractivity contribution is -0.115. The van der Waals surface area contributed by atoms with E-state index < -0.39 is 10.0 Å². The molecule has 1 aromatic rings. The molecule has 0 radical (unpaired) electrons. The average molecular weight is 368 g/mol. The number of carbonyl (C=O) groups is 1. The monoisotopic (exact) mass is 367 g/mol. The van der Waals surface area contributed by atoms with Crippen molar-refractivity contribution in [3.8, 4) is 0 Å². The molecule has 0 saturated heterocycles. The largest absolute Gasteiger partial charge is 0.325 e. The van der Waals surface area contributed by atoms with Gasteiger partial charge in [0.25, 0.3) is 0 Å². The van der Waals surface area contributed by atoms with Crippen LogP contribution in [0.3, 0.4) is 0 Å². The molecule has 0 aliphatic heterocycles. The molecule has 0 spiro atoms. The van der Waals surface area contributed by atoms with Crippen molar-refractivity contribution in [2.75, 3.05) is 31.5 Å². The van der Waals surface area contributed by atoms with Crippen molar-refractivity contribution in [1.82, 2.24) is 9.62 Å². The maximum atomic E-state index is 12.8. The molecule has 0 bridgehead atoms. The number of hydrogen-bond donors (Lipinski definition) is 2. The summed E-state index contributed by atoms with van der Waals surface area (Å²) in [7, 11) is -3.55. The number of benzene rings is 1. The normalized spacial score (nSPS) is 14.8. The van der Waals surface area contributed by atoms with Crippen molar-refractivity contribution in [2.24, 2.45) is 5.92 Å². The number of rotatable bonds is 9. The van der Waals surface area contributed by atoms with Gasteiger partial charge < -0.3 is 10.6 Å². The van der Waals surface area contributed by atoms with Crippen LogP contribution in [0, 0.1) is 19.8 Å². The Kier molecular flexibility index (Phi) is 6.59. The zero-order valence-electron chi connectivity index (χ0n) is 15.6. The van der Waals surface area contributed by atoms with E-state index in [0.29, 0.717) is 24.7 Å². The highest BCUT2D eigenvalue weighted by Gasteiger charge is 2.24. The Morgan fingerprint density at radius 1 is 1.20 bits per heavy atom. The van der Waals surface area contributed by atoms with Gasteiger partial charge in [-0.2, -0.15) is 4.31 Å². The molecule has 1 amide bonds. The minimum absolute atomic E-state index is 0.152. The summed E-state index contributed by atoms with van der Waals surface area (Å²) in [5, 5.41) is 5.99. The zero-order chi connectivity index (χ0) is 18.6. The van der Waals surface area contributed by atoms with Crippen LogP contribution in [0.15, 0.2) is 17.0 Å². The molecule has 2 N–H and O–H groups in total. The van der Waals surface area contributed by atoms with Gasteiger partial charge >= 0.3 is 0 Å². The van der Waals surface area contributed by atoms with Crippen molar-refractivity contribution < 1.29 is 13.2 Å². The maximum absolute atomic E-state index is 12.8. The molecule has 140 valence electrons. The topological polar surface area (TPSA) is 78.5 Å². The SMILES string of the molecule is CCN(CC)S(=O)(=O)c1cc(C)c(C)c(NC(=O)CNCC2CC2)c1. The second kappa shape index (κ2) is 8.29. The fourth-order valence-corrected chi connectivity index (χ4v) is 4.29. The summed E-state index contributed by atoms with van der Waals surface area (Å²) in [5.74, 6) is 0.555. The maximum Gasteiger partial charge on any atom is 0.243 e. The molecule has 1 fully saturated rings. The predicted octanol–water partition coefficient (Wildman–Crippen LogP) is 2.27. The molecule has 1 saturated carbocycles. The van der Waals surface area contributed by atoms with Crippen LogP contribution < -0.4 is 10.6 Å². The molecule has 25 heavy (non-hydrogen) atoms. The van der Waals surface area contributed by atoms with E-state index in [0.717, 1.165) is 17.7 Å². The van der Waals surface area contributed by atoms with Gasteiger partial charge in [0, 0.05) is 18.8 Å². The van der Waals surface area contributed by atoms with Crippen LogP contribution in [-0.4, -0.2) is 44.8 Å². The van der Waals surface area contributed by atoms with E-state index in [-0.39, 0.29) is 17.3 Å². The van der Waals surface area contributed by atoms with Crippen LogP contribution in [-0.2, 0) is 14.8 Å². The lowest BCUT2D eigenvalue weighted by Crippen LogP contribution is -2.31. The molecule has 1 aromatic carbocycles. The highest BCUT2D eigenvalue weighted by atomic mass is 32.2. The number of nitrogens with zero attached hydrogens (tertiary/aromatic N) is 1. The van der Waals surface area contributed by atoms with Gasteiger partial charge in [0.2, 0.25) is 15.9 Å². The van der Waals surface area contributed by atoms with Crippen molar-refractivity contribution in [1.29, 1.82) is 0 Å². The summed E-state index contributed by atoms with van der Waals surface area (Å²) in [6.07, 6.45) is 2.47. The Morgan fingerprint density at radius 3 is 2.40 bits per heavy atom. The van der Waals surface area contributed by atoms with Crippen LogP contribution in [0.2, 0.25) is 0 Å². The summed E-state index contributed by atoms with van der Waals surface area (Å²) < 4.78 is 26.9. The first-order valence-corrected chi connectivity index (χ1v) is 10.4. The molecular formula is C18H29N3O3S. The number of anilines is 1. The van der Waals surface area contributed by atoms with Gasteiger partial charge in [-0.25, -0.2) is 8.42 Å². The van der Waals surface area contributed by atoms with E-state index in [1.54, 1.807) is 12.1 Å². The zero-order valence-corrected chi connectivity index (χ0v) is 16.4. The lowest BCUT2D eigenvalue weighted by atomic mass is 10.1. The minimum atomic E-state index is -3.55. The first-order chi connectivity index (χ1) is 11.8. The van der Waals surface area contributed by atoms with E-state index in [1.807, 2.05) is 27.7 Å². The third-order valence-electron chi connectivity index (χ3n) is 4.67. The molecule has 1 aliphatic rings. The third-order valence-corrected chi connectivity index (χ3v) is 6.70. The van der Waals surface area contributed by atoms with E-state index in [4.69, 9.17) is 0 Å². The molecule has 0 aromatic heterocycles. The van der Waals surface area contributed by atoms with Crippen LogP contribution >= 0.6 is 0 Å². The van der Waals surface area contributed by atoms with E-state index in [2.05, 4.69) is 10.6 Å². The fraction of sp³-hybridized carbons (Fsp3) is 0.611. The standard InChI is InChI=1S/C18H29N3O3S/c1-5-21(6-2)25(23,24)16-9-13(3)14(4)17(10-16)20-18(22)12-19-11-15-7-8-15/h9-10,15,19H,5-8,11-12H2,1-4H3,(H,20,22). The van der Waals surface area contributed by atoms with E-state index >= 15 is 0 Å². The van der Waals surface area contributed by atoms with Crippen LogP contribution in [0.5, 0.6) is 0 Å². The van der Waals surface area contributed by atoms with Gasteiger partial charge in [-0.15, -0.1) is 0 Å². The first-order valence-electron chi connectivity index (χ1n) is 8.91. The Balaban J connectivity index is 2.17. The van der Waals surface area contributed by atoms with Gasteiger partial charge in [0.05, 0.1) is 11.4 Å². The Bertz CT molecular complexity index is 723. The molecule has 0 unspecified atom stereocenters. The Morgan fingerprint density at radius 2 is 1.84 bits per heavy atom. The fourth-order valence-electron chi connectivity index (χ4n) is 2.72. The molecular weight excluding hydrogens is 338 g/mol. The van der Waals surface area contributed by atoms with Gasteiger partial charge in [-0.3, -0.25) is 4.79 Å². The lowest BCUT2D eigenvalue weighted by Gasteiger charge is -2.20. The highest BCUT2D eigenvalue weighted by molar-refractivity contribution is 7.89. The molecule has 6 nitrogen and oxygen atoms in total. The number of sulfonamides is 1. The molecule has 7 heteroatoms. The van der Waals surface area contributed by atoms with Crippen molar-refractivity contribution in [2.45, 2.75) is 45.4 Å². The third kappa shape index (κ3) is 5.03. The predicted molar refractivity (Wildman–Crippen MR) is 100 cm³/mol. The van der Waals surface area contributed by atoms with Crippen LogP contribution in [0.25, 0.3) is 0 Å². The number of carbonyl (C=O) groups excluding carboxylic acids is 1. The highest BCUT2D eigenvalue weighted by Crippen LogP contribution is 2.28. The first kappa shape index (κ1) is 19.9. The quantitative estimate of drug-likeness (QED) is 0.702. The molecule has 0 heterocycles. The Labute approximate surface area is 151 Å². The van der Waals surface area contributed by atoms with E-state index in [9.17, 15) is 13.2 Å². The summed E-state index contributed by atoms with van der Waals surface area (Å²) in [6, 6.07) is 3.23. The number of amides is 1. The summed E-state index contributed by atoms with van der Waals surface area (Å²) in [6.45, 7) is 9.31. The van der Waals surface area contributed by atoms with Crippen molar-refractivity contribution in [3.63, 3.8) is 0 Å².